The number of methoxy groups -OCH3 is 1. The number of thioether (sulfide) groups is 2. The summed E-state index contributed by atoms with van der Waals surface area (Å²) in [6, 6.07) is 9.16. The summed E-state index contributed by atoms with van der Waals surface area (Å²) in [7, 11) is 1.72. The molecule has 1 aliphatic heterocycles. The van der Waals surface area contributed by atoms with Crippen molar-refractivity contribution in [1.82, 2.24) is 5.32 Å². The van der Waals surface area contributed by atoms with Gasteiger partial charge in [-0.3, -0.25) is 0 Å². The van der Waals surface area contributed by atoms with Crippen molar-refractivity contribution >= 4 is 23.5 Å². The van der Waals surface area contributed by atoms with Gasteiger partial charge < -0.3 is 10.1 Å². The number of rotatable bonds is 8. The lowest BCUT2D eigenvalue weighted by molar-refractivity contribution is 0.414. The number of nitrogens with one attached hydrogen (secondary N) is 1. The highest BCUT2D eigenvalue weighted by atomic mass is 32.2. The van der Waals surface area contributed by atoms with Crippen molar-refractivity contribution in [2.45, 2.75) is 37.5 Å². The Kier molecular flexibility index (Phi) is 7.83. The predicted octanol–water partition coefficient (Wildman–Crippen LogP) is 3.84. The first-order chi connectivity index (χ1) is 10.3. The monoisotopic (exact) mass is 325 g/mol. The quantitative estimate of drug-likeness (QED) is 0.783. The topological polar surface area (TPSA) is 21.3 Å². The molecule has 1 aliphatic rings. The Bertz CT molecular complexity index is 390. The Hall–Kier alpha value is -0.320. The van der Waals surface area contributed by atoms with Gasteiger partial charge in [-0.1, -0.05) is 19.1 Å². The van der Waals surface area contributed by atoms with Crippen LogP contribution in [0.3, 0.4) is 0 Å². The second kappa shape index (κ2) is 9.65. The molecule has 1 N–H and O–H groups in total. The number of ether oxygens (including phenoxy) is 1. The van der Waals surface area contributed by atoms with Gasteiger partial charge in [0, 0.05) is 28.6 Å². The van der Waals surface area contributed by atoms with E-state index in [-0.39, 0.29) is 0 Å². The third kappa shape index (κ3) is 5.76. The molecule has 2 atom stereocenters. The molecule has 0 aliphatic carbocycles. The summed E-state index contributed by atoms with van der Waals surface area (Å²) in [5.74, 6) is 4.87. The van der Waals surface area contributed by atoms with Crippen LogP contribution in [0.1, 0.15) is 25.3 Å². The van der Waals surface area contributed by atoms with Gasteiger partial charge in [0.15, 0.2) is 0 Å². The lowest BCUT2D eigenvalue weighted by Crippen LogP contribution is -2.41. The first kappa shape index (κ1) is 17.0. The molecule has 0 saturated carbocycles. The minimum absolute atomic E-state index is 0.643. The molecule has 1 aromatic carbocycles. The van der Waals surface area contributed by atoms with Crippen molar-refractivity contribution in [3.8, 4) is 5.75 Å². The Morgan fingerprint density at radius 2 is 2.10 bits per heavy atom. The highest BCUT2D eigenvalue weighted by Crippen LogP contribution is 2.28. The fraction of sp³-hybridized carbons (Fsp3) is 0.647. The van der Waals surface area contributed by atoms with Gasteiger partial charge in [-0.2, -0.15) is 23.5 Å². The van der Waals surface area contributed by atoms with E-state index >= 15 is 0 Å². The molecule has 1 heterocycles. The van der Waals surface area contributed by atoms with Crippen LogP contribution in [0, 0.1) is 0 Å². The minimum Gasteiger partial charge on any atom is -0.497 e. The number of hydrogen-bond acceptors (Lipinski definition) is 4. The molecule has 118 valence electrons. The molecule has 2 rings (SSSR count). The van der Waals surface area contributed by atoms with E-state index < -0.39 is 0 Å². The maximum Gasteiger partial charge on any atom is 0.118 e. The molecule has 4 heteroatoms. The zero-order valence-electron chi connectivity index (χ0n) is 13.1. The largest absolute Gasteiger partial charge is 0.497 e. The van der Waals surface area contributed by atoms with Crippen molar-refractivity contribution in [3.05, 3.63) is 29.8 Å². The first-order valence-electron chi connectivity index (χ1n) is 7.89. The van der Waals surface area contributed by atoms with E-state index in [0.717, 1.165) is 24.0 Å². The molecular weight excluding hydrogens is 298 g/mol. The summed E-state index contributed by atoms with van der Waals surface area (Å²) in [6.07, 6.45) is 3.58. The Morgan fingerprint density at radius 3 is 2.71 bits per heavy atom. The van der Waals surface area contributed by atoms with E-state index in [1.807, 2.05) is 0 Å². The van der Waals surface area contributed by atoms with Gasteiger partial charge in [0.05, 0.1) is 7.11 Å². The normalized spacial score (nSPS) is 20.2. The predicted molar refractivity (Wildman–Crippen MR) is 97.0 cm³/mol. The molecule has 21 heavy (non-hydrogen) atoms. The van der Waals surface area contributed by atoms with Gasteiger partial charge >= 0.3 is 0 Å². The molecular formula is C17H27NOS2. The lowest BCUT2D eigenvalue weighted by Gasteiger charge is -2.30. The molecule has 2 unspecified atom stereocenters. The standard InChI is InChI=1S/C17H27NOS2/c1-3-10-18-16(17-13-20-11-12-21-17)9-6-14-4-7-15(19-2)8-5-14/h4-5,7-8,16-18H,3,6,9-13H2,1-2H3. The van der Waals surface area contributed by atoms with Crippen LogP contribution in [0.2, 0.25) is 0 Å². The van der Waals surface area contributed by atoms with Gasteiger partial charge in [-0.05, 0) is 43.5 Å². The van der Waals surface area contributed by atoms with E-state index in [2.05, 4.69) is 60.0 Å². The molecule has 1 fully saturated rings. The van der Waals surface area contributed by atoms with Crippen molar-refractivity contribution in [1.29, 1.82) is 0 Å². The number of aryl methyl sites for hydroxylation is 1. The zero-order chi connectivity index (χ0) is 14.9. The second-order valence-corrected chi connectivity index (χ2v) is 7.93. The average molecular weight is 326 g/mol. The van der Waals surface area contributed by atoms with Crippen LogP contribution < -0.4 is 10.1 Å². The minimum atomic E-state index is 0.643. The summed E-state index contributed by atoms with van der Waals surface area (Å²) in [6.45, 7) is 3.38. The summed E-state index contributed by atoms with van der Waals surface area (Å²) < 4.78 is 5.22. The van der Waals surface area contributed by atoms with Crippen LogP contribution in [0.25, 0.3) is 0 Å². The van der Waals surface area contributed by atoms with Crippen LogP contribution in [-0.4, -0.2) is 42.2 Å². The van der Waals surface area contributed by atoms with Crippen LogP contribution in [0.5, 0.6) is 5.75 Å². The average Bonchev–Trinajstić information content (AvgIpc) is 2.56. The molecule has 0 spiro atoms. The second-order valence-electron chi connectivity index (χ2n) is 5.43. The van der Waals surface area contributed by atoms with Gasteiger partial charge in [0.2, 0.25) is 0 Å². The van der Waals surface area contributed by atoms with Gasteiger partial charge in [-0.25, -0.2) is 0 Å². The molecule has 0 aromatic heterocycles. The zero-order valence-corrected chi connectivity index (χ0v) is 14.8. The fourth-order valence-corrected chi connectivity index (χ4v) is 5.53. The van der Waals surface area contributed by atoms with Crippen LogP contribution in [0.15, 0.2) is 24.3 Å². The Morgan fingerprint density at radius 1 is 1.29 bits per heavy atom. The lowest BCUT2D eigenvalue weighted by atomic mass is 10.0. The molecule has 2 nitrogen and oxygen atoms in total. The van der Waals surface area contributed by atoms with E-state index in [4.69, 9.17) is 4.74 Å². The molecule has 0 amide bonds. The van der Waals surface area contributed by atoms with Crippen molar-refractivity contribution < 1.29 is 4.74 Å². The van der Waals surface area contributed by atoms with Crippen LogP contribution >= 0.6 is 23.5 Å². The van der Waals surface area contributed by atoms with Gasteiger partial charge in [0.1, 0.15) is 5.75 Å². The van der Waals surface area contributed by atoms with Gasteiger partial charge in [-0.15, -0.1) is 0 Å². The fourth-order valence-electron chi connectivity index (χ4n) is 2.60. The molecule has 0 bridgehead atoms. The SMILES string of the molecule is CCCNC(CCc1ccc(OC)cc1)C1CSCCS1. The van der Waals surface area contributed by atoms with Crippen molar-refractivity contribution in [2.75, 3.05) is 30.9 Å². The van der Waals surface area contributed by atoms with Crippen molar-refractivity contribution in [2.24, 2.45) is 0 Å². The summed E-state index contributed by atoms with van der Waals surface area (Å²) in [4.78, 5) is 0. The Balaban J connectivity index is 1.87. The first-order valence-corrected chi connectivity index (χ1v) is 10.1. The van der Waals surface area contributed by atoms with Gasteiger partial charge in [0.25, 0.3) is 0 Å². The highest BCUT2D eigenvalue weighted by Gasteiger charge is 2.23. The number of benzene rings is 1. The summed E-state index contributed by atoms with van der Waals surface area (Å²) in [5, 5.41) is 4.54. The maximum atomic E-state index is 5.22. The highest BCUT2D eigenvalue weighted by molar-refractivity contribution is 8.06. The molecule has 1 saturated heterocycles. The maximum absolute atomic E-state index is 5.22. The van der Waals surface area contributed by atoms with E-state index in [9.17, 15) is 0 Å². The Labute approximate surface area is 137 Å². The molecule has 1 aromatic rings. The third-order valence-electron chi connectivity index (χ3n) is 3.85. The third-order valence-corrected chi connectivity index (χ3v) is 6.77. The molecule has 0 radical (unpaired) electrons. The van der Waals surface area contributed by atoms with Crippen LogP contribution in [0.4, 0.5) is 0 Å². The van der Waals surface area contributed by atoms with E-state index in [1.165, 1.54) is 35.7 Å². The number of hydrogen-bond donors (Lipinski definition) is 1. The summed E-state index contributed by atoms with van der Waals surface area (Å²) in [5.41, 5.74) is 1.41. The van der Waals surface area contributed by atoms with E-state index in [0.29, 0.717) is 6.04 Å². The smallest absolute Gasteiger partial charge is 0.118 e. The van der Waals surface area contributed by atoms with E-state index in [1.54, 1.807) is 7.11 Å². The summed E-state index contributed by atoms with van der Waals surface area (Å²) >= 11 is 4.27. The van der Waals surface area contributed by atoms with Crippen LogP contribution in [-0.2, 0) is 6.42 Å². The van der Waals surface area contributed by atoms with Crippen molar-refractivity contribution in [3.63, 3.8) is 0 Å².